The van der Waals surface area contributed by atoms with Crippen LogP contribution >= 0.6 is 0 Å². The second-order valence-electron chi connectivity index (χ2n) is 15.7. The molecular formula is C36H51NO2. The number of carbonyl (C=O) groups is 1. The highest BCUT2D eigenvalue weighted by atomic mass is 16.4. The molecular weight excluding hydrogens is 478 g/mol. The molecule has 4 fully saturated rings. The average molecular weight is 530 g/mol. The van der Waals surface area contributed by atoms with Crippen LogP contribution in [0.15, 0.2) is 48.6 Å². The summed E-state index contributed by atoms with van der Waals surface area (Å²) in [5.41, 5.74) is 10.0. The lowest BCUT2D eigenvalue weighted by atomic mass is 9.33. The molecule has 0 aliphatic heterocycles. The fraction of sp³-hybridized carbons (Fsp3) is 0.694. The first kappa shape index (κ1) is 27.3. The minimum absolute atomic E-state index is 0.132. The summed E-state index contributed by atoms with van der Waals surface area (Å²) in [5.74, 6) is 1.59. The van der Waals surface area contributed by atoms with Gasteiger partial charge >= 0.3 is 5.97 Å². The Morgan fingerprint density at radius 2 is 1.59 bits per heavy atom. The molecule has 0 aromatic heterocycles. The molecule has 3 heteroatoms. The maximum atomic E-state index is 11.6. The summed E-state index contributed by atoms with van der Waals surface area (Å²) in [6, 6.07) is 7.80. The summed E-state index contributed by atoms with van der Waals surface area (Å²) in [4.78, 5) is 11.6. The molecule has 9 atom stereocenters. The van der Waals surface area contributed by atoms with Gasteiger partial charge < -0.3 is 10.8 Å². The molecule has 0 heterocycles. The second kappa shape index (κ2) is 8.57. The number of fused-ring (bicyclic) bond motifs is 7. The lowest BCUT2D eigenvalue weighted by molar-refractivity contribution is -0.219. The smallest absolute Gasteiger partial charge is 0.335 e. The van der Waals surface area contributed by atoms with Crippen molar-refractivity contribution in [2.45, 2.75) is 110 Å². The number of aromatic carboxylic acids is 1. The predicted octanol–water partition coefficient (Wildman–Crippen LogP) is 8.54. The van der Waals surface area contributed by atoms with Crippen molar-refractivity contribution in [2.75, 3.05) is 0 Å². The van der Waals surface area contributed by atoms with Crippen LogP contribution in [0, 0.1) is 45.3 Å². The van der Waals surface area contributed by atoms with Gasteiger partial charge in [-0.1, -0.05) is 71.1 Å². The molecule has 39 heavy (non-hydrogen) atoms. The van der Waals surface area contributed by atoms with Gasteiger partial charge in [-0.3, -0.25) is 0 Å². The van der Waals surface area contributed by atoms with Gasteiger partial charge in [-0.15, -0.1) is 0 Å². The van der Waals surface area contributed by atoms with Crippen LogP contribution in [0.4, 0.5) is 0 Å². The standard InChI is InChI=1S/C36H51NO2/c1-7-16-35(25-11-9-24(10-12-25)30(38)39)21-23-36(37)22-20-33(5)26(29(35)36)13-14-28-32(4)18-8-17-31(2,3)27(32)15-19-34(28,33)6/h7-12,16-17,26-29H,13-15,18-23,37H2,1-6H3,(H,38,39)/t26-,27-,28-,29-,32+,33-,34-,35-,36+/m1/s1. The fourth-order valence-electron chi connectivity index (χ4n) is 12.2. The highest BCUT2D eigenvalue weighted by molar-refractivity contribution is 5.87. The van der Waals surface area contributed by atoms with Crippen molar-refractivity contribution in [1.29, 1.82) is 0 Å². The molecule has 5 aliphatic rings. The molecule has 1 aromatic rings. The van der Waals surface area contributed by atoms with Crippen molar-refractivity contribution in [3.8, 4) is 0 Å². The van der Waals surface area contributed by atoms with Crippen LogP contribution in [0.25, 0.3) is 0 Å². The monoisotopic (exact) mass is 529 g/mol. The van der Waals surface area contributed by atoms with Crippen molar-refractivity contribution in [3.05, 3.63) is 59.7 Å². The molecule has 4 saturated carbocycles. The third-order valence-electron chi connectivity index (χ3n) is 14.0. The molecule has 0 amide bonds. The maximum Gasteiger partial charge on any atom is 0.335 e. The topological polar surface area (TPSA) is 63.3 Å². The highest BCUT2D eigenvalue weighted by Gasteiger charge is 2.71. The number of nitrogens with two attached hydrogens (primary N) is 1. The van der Waals surface area contributed by atoms with Gasteiger partial charge in [0.1, 0.15) is 0 Å². The van der Waals surface area contributed by atoms with Crippen LogP contribution in [0.2, 0.25) is 0 Å². The van der Waals surface area contributed by atoms with Gasteiger partial charge in [0.2, 0.25) is 0 Å². The Bertz CT molecular complexity index is 1210. The third-order valence-corrected chi connectivity index (χ3v) is 14.0. The van der Waals surface area contributed by atoms with E-state index in [1.165, 1.54) is 44.1 Å². The van der Waals surface area contributed by atoms with Gasteiger partial charge in [0, 0.05) is 11.0 Å². The Balaban J connectivity index is 1.44. The van der Waals surface area contributed by atoms with Crippen molar-refractivity contribution in [3.63, 3.8) is 0 Å². The van der Waals surface area contributed by atoms with Crippen LogP contribution in [0.3, 0.4) is 0 Å². The minimum atomic E-state index is -0.859. The van der Waals surface area contributed by atoms with Crippen LogP contribution in [0.5, 0.6) is 0 Å². The molecule has 1 aromatic carbocycles. The first-order valence-electron chi connectivity index (χ1n) is 15.7. The number of carboxylic acid groups (broad SMARTS) is 1. The highest BCUT2D eigenvalue weighted by Crippen LogP contribution is 2.76. The zero-order valence-corrected chi connectivity index (χ0v) is 25.2. The third kappa shape index (κ3) is 3.47. The largest absolute Gasteiger partial charge is 0.478 e. The van der Waals surface area contributed by atoms with E-state index in [0.29, 0.717) is 28.2 Å². The molecule has 3 N–H and O–H groups in total. The van der Waals surface area contributed by atoms with Gasteiger partial charge in [-0.2, -0.15) is 0 Å². The number of hydrogen-bond donors (Lipinski definition) is 2. The van der Waals surface area contributed by atoms with Gasteiger partial charge in [0.15, 0.2) is 0 Å². The Morgan fingerprint density at radius 3 is 2.26 bits per heavy atom. The van der Waals surface area contributed by atoms with Crippen LogP contribution in [-0.4, -0.2) is 16.6 Å². The van der Waals surface area contributed by atoms with E-state index in [2.05, 4.69) is 78.0 Å². The lowest BCUT2D eigenvalue weighted by Gasteiger charge is -2.72. The zero-order valence-electron chi connectivity index (χ0n) is 25.2. The lowest BCUT2D eigenvalue weighted by Crippen LogP contribution is -2.68. The van der Waals surface area contributed by atoms with E-state index in [1.807, 2.05) is 0 Å². The predicted molar refractivity (Wildman–Crippen MR) is 160 cm³/mol. The van der Waals surface area contributed by atoms with Gasteiger partial charge in [-0.25, -0.2) is 4.79 Å². The van der Waals surface area contributed by atoms with Gasteiger partial charge in [0.05, 0.1) is 5.56 Å². The van der Waals surface area contributed by atoms with E-state index in [9.17, 15) is 9.90 Å². The Kier molecular flexibility index (Phi) is 6.00. The summed E-state index contributed by atoms with van der Waals surface area (Å²) < 4.78 is 0. The molecule has 6 rings (SSSR count). The maximum absolute atomic E-state index is 11.6. The number of benzene rings is 1. The van der Waals surface area contributed by atoms with E-state index in [-0.39, 0.29) is 21.8 Å². The average Bonchev–Trinajstić information content (AvgIpc) is 3.18. The first-order valence-corrected chi connectivity index (χ1v) is 15.7. The van der Waals surface area contributed by atoms with E-state index in [1.54, 1.807) is 12.1 Å². The Labute approximate surface area is 236 Å². The molecule has 3 nitrogen and oxygen atoms in total. The Morgan fingerprint density at radius 1 is 0.897 bits per heavy atom. The van der Waals surface area contributed by atoms with Gasteiger partial charge in [0.25, 0.3) is 0 Å². The van der Waals surface area contributed by atoms with Crippen molar-refractivity contribution < 1.29 is 9.90 Å². The fourth-order valence-corrected chi connectivity index (χ4v) is 12.2. The molecule has 0 radical (unpaired) electrons. The zero-order chi connectivity index (χ0) is 28.1. The molecule has 212 valence electrons. The van der Waals surface area contributed by atoms with Crippen molar-refractivity contribution in [2.24, 2.45) is 51.1 Å². The molecule has 0 unspecified atom stereocenters. The summed E-state index contributed by atoms with van der Waals surface area (Å²) in [6.07, 6.45) is 20.6. The first-order chi connectivity index (χ1) is 18.3. The second-order valence-corrected chi connectivity index (χ2v) is 15.7. The summed E-state index contributed by atoms with van der Waals surface area (Å²) in [6.45, 7) is 15.1. The normalized spacial score (nSPS) is 48.2. The van der Waals surface area contributed by atoms with Crippen LogP contribution in [0.1, 0.15) is 115 Å². The van der Waals surface area contributed by atoms with E-state index in [4.69, 9.17) is 5.73 Å². The van der Waals surface area contributed by atoms with Crippen LogP contribution in [-0.2, 0) is 5.41 Å². The number of carboxylic acids is 1. The van der Waals surface area contributed by atoms with E-state index < -0.39 is 5.97 Å². The SMILES string of the molecule is CC=C[C@]1(c2ccc(C(=O)O)cc2)CC[C@@]2(N)CC[C@]3(C)[C@H](CC[C@@H]4[C@@]5(C)CC=CC(C)(C)[C@H]5CC[C@]43C)[C@@H]21. The number of allylic oxidation sites excluding steroid dienone is 4. The number of rotatable bonds is 3. The summed E-state index contributed by atoms with van der Waals surface area (Å²) in [7, 11) is 0. The number of hydrogen-bond acceptors (Lipinski definition) is 2. The Hall–Kier alpha value is -1.87. The molecule has 0 saturated heterocycles. The minimum Gasteiger partial charge on any atom is -0.478 e. The van der Waals surface area contributed by atoms with E-state index in [0.717, 1.165) is 31.1 Å². The van der Waals surface area contributed by atoms with Gasteiger partial charge in [-0.05, 0) is 128 Å². The molecule has 0 bridgehead atoms. The summed E-state index contributed by atoms with van der Waals surface area (Å²) >= 11 is 0. The van der Waals surface area contributed by atoms with E-state index >= 15 is 0 Å². The molecule has 0 spiro atoms. The van der Waals surface area contributed by atoms with Crippen LogP contribution < -0.4 is 5.73 Å². The quantitative estimate of drug-likeness (QED) is 0.386. The van der Waals surface area contributed by atoms with Crippen molar-refractivity contribution in [1.82, 2.24) is 0 Å². The molecule has 5 aliphatic carbocycles. The summed E-state index contributed by atoms with van der Waals surface area (Å²) in [5, 5.41) is 9.56. The van der Waals surface area contributed by atoms with Crippen molar-refractivity contribution >= 4 is 5.97 Å².